The van der Waals surface area contributed by atoms with Crippen LogP contribution in [0.15, 0.2) is 5.18 Å². The Kier molecular flexibility index (Phi) is 9.94. The minimum atomic E-state index is -1.58. The van der Waals surface area contributed by atoms with Gasteiger partial charge in [-0.1, -0.05) is 5.18 Å². The third-order valence-electron chi connectivity index (χ3n) is 2.82. The first kappa shape index (κ1) is 22.4. The van der Waals surface area contributed by atoms with Crippen LogP contribution in [0.2, 0.25) is 0 Å². The molecule has 142 valence electrons. The van der Waals surface area contributed by atoms with Gasteiger partial charge in [0.25, 0.3) is 0 Å². The highest BCUT2D eigenvalue weighted by atomic mass is 16.6. The molecule has 0 aromatic rings. The van der Waals surface area contributed by atoms with Crippen LogP contribution >= 0.6 is 0 Å². The van der Waals surface area contributed by atoms with Crippen LogP contribution in [-0.4, -0.2) is 66.4 Å². The Balaban J connectivity index is 5.65. The summed E-state index contributed by atoms with van der Waals surface area (Å²) in [7, 11) is 0. The number of carbonyl (C=O) groups excluding carboxylic acids is 4. The summed E-state index contributed by atoms with van der Waals surface area (Å²) >= 11 is 0. The molecule has 0 fully saturated rings. The van der Waals surface area contributed by atoms with Crippen molar-refractivity contribution in [2.75, 3.05) is 13.2 Å². The van der Waals surface area contributed by atoms with E-state index in [2.05, 4.69) is 15.2 Å². The minimum absolute atomic E-state index is 0.518. The molecule has 0 bridgehead atoms. The zero-order valence-corrected chi connectivity index (χ0v) is 14.4. The number of amides is 1. The van der Waals surface area contributed by atoms with Crippen LogP contribution in [-0.2, 0) is 33.4 Å². The normalized spacial score (nSPS) is 15.1. The average Bonchev–Trinajstić information content (AvgIpc) is 2.47. The fourth-order valence-electron chi connectivity index (χ4n) is 2.00. The van der Waals surface area contributed by atoms with Crippen molar-refractivity contribution in [3.63, 3.8) is 0 Å². The molecule has 4 atom stereocenters. The SMILES string of the molecule is CC(=O)NC(CN=O)[C@@H](OC(C)=O)[C@H](OC(C)=O)C(O)COC(C)=O. The number of hydrogen-bond donors (Lipinski definition) is 2. The molecule has 0 rings (SSSR count). The number of ether oxygens (including phenoxy) is 3. The molecule has 0 aliphatic rings. The fourth-order valence-corrected chi connectivity index (χ4v) is 2.00. The van der Waals surface area contributed by atoms with Crippen LogP contribution in [0.25, 0.3) is 0 Å². The maximum Gasteiger partial charge on any atom is 0.303 e. The Hall–Kier alpha value is -2.56. The van der Waals surface area contributed by atoms with Crippen molar-refractivity contribution in [1.82, 2.24) is 5.32 Å². The lowest BCUT2D eigenvalue weighted by molar-refractivity contribution is -0.182. The van der Waals surface area contributed by atoms with Crippen LogP contribution in [0.3, 0.4) is 0 Å². The van der Waals surface area contributed by atoms with Gasteiger partial charge in [0.15, 0.2) is 12.2 Å². The van der Waals surface area contributed by atoms with Crippen molar-refractivity contribution in [3.8, 4) is 0 Å². The summed E-state index contributed by atoms with van der Waals surface area (Å²) in [6.07, 6.45) is -4.53. The molecule has 0 aliphatic carbocycles. The molecule has 0 aliphatic heterocycles. The van der Waals surface area contributed by atoms with Gasteiger partial charge in [0.05, 0.1) is 6.04 Å². The summed E-state index contributed by atoms with van der Waals surface area (Å²) in [4.78, 5) is 55.5. The number of nitrogens with zero attached hydrogens (tertiary/aromatic N) is 1. The smallest absolute Gasteiger partial charge is 0.303 e. The lowest BCUT2D eigenvalue weighted by Gasteiger charge is -2.33. The zero-order chi connectivity index (χ0) is 19.6. The van der Waals surface area contributed by atoms with E-state index in [-0.39, 0.29) is 0 Å². The van der Waals surface area contributed by atoms with Crippen LogP contribution in [0.5, 0.6) is 0 Å². The topological polar surface area (TPSA) is 158 Å². The first-order valence-electron chi connectivity index (χ1n) is 7.30. The standard InChI is InChI=1S/C14H22N2O9/c1-7(17)16-11(5-15-22)13(24-9(3)19)14(25-10(4)20)12(21)6-23-8(2)18/h11-14,21H,5-6H2,1-4H3,(H,16,17)/t11?,12?,13-,14-/m1/s1. The number of nitroso groups, excluding NO2 is 1. The molecule has 2 N–H and O–H groups in total. The van der Waals surface area contributed by atoms with Crippen molar-refractivity contribution in [1.29, 1.82) is 0 Å². The van der Waals surface area contributed by atoms with E-state index in [0.29, 0.717) is 0 Å². The third-order valence-corrected chi connectivity index (χ3v) is 2.82. The number of hydrogen-bond acceptors (Lipinski definition) is 10. The molecule has 1 amide bonds. The molecule has 2 unspecified atom stereocenters. The van der Waals surface area contributed by atoms with Gasteiger partial charge in [0.2, 0.25) is 5.91 Å². The molecule has 0 radical (unpaired) electrons. The Morgan fingerprint density at radius 1 is 0.960 bits per heavy atom. The molecule has 11 heteroatoms. The number of carbonyl (C=O) groups is 4. The Morgan fingerprint density at radius 2 is 1.48 bits per heavy atom. The molecule has 11 nitrogen and oxygen atoms in total. The first-order valence-corrected chi connectivity index (χ1v) is 7.30. The lowest BCUT2D eigenvalue weighted by Crippen LogP contribution is -2.56. The second-order valence-electron chi connectivity index (χ2n) is 5.14. The summed E-state index contributed by atoms with van der Waals surface area (Å²) in [5.74, 6) is -2.91. The summed E-state index contributed by atoms with van der Waals surface area (Å²) in [6, 6.07) is -1.17. The Labute approximate surface area is 144 Å². The van der Waals surface area contributed by atoms with Gasteiger partial charge in [-0.25, -0.2) is 0 Å². The lowest BCUT2D eigenvalue weighted by atomic mass is 10.00. The molecular weight excluding hydrogens is 340 g/mol. The van der Waals surface area contributed by atoms with Crippen molar-refractivity contribution in [2.45, 2.75) is 52.0 Å². The maximum absolute atomic E-state index is 11.4. The Morgan fingerprint density at radius 3 is 1.88 bits per heavy atom. The van der Waals surface area contributed by atoms with Gasteiger partial charge in [-0.15, -0.1) is 0 Å². The van der Waals surface area contributed by atoms with Gasteiger partial charge in [-0.3, -0.25) is 19.2 Å². The van der Waals surface area contributed by atoms with E-state index in [1.54, 1.807) is 0 Å². The second-order valence-corrected chi connectivity index (χ2v) is 5.14. The van der Waals surface area contributed by atoms with E-state index in [0.717, 1.165) is 27.7 Å². The monoisotopic (exact) mass is 362 g/mol. The van der Waals surface area contributed by atoms with E-state index in [9.17, 15) is 29.2 Å². The molecule has 0 heterocycles. The second kappa shape index (κ2) is 11.1. The highest BCUT2D eigenvalue weighted by molar-refractivity contribution is 5.73. The predicted octanol–water partition coefficient (Wildman–Crippen LogP) is -0.955. The van der Waals surface area contributed by atoms with Crippen molar-refractivity contribution < 1.29 is 38.5 Å². The van der Waals surface area contributed by atoms with E-state index in [1.165, 1.54) is 0 Å². The molecule has 0 saturated heterocycles. The average molecular weight is 362 g/mol. The molecule has 0 aromatic carbocycles. The quantitative estimate of drug-likeness (QED) is 0.284. The van der Waals surface area contributed by atoms with Crippen molar-refractivity contribution >= 4 is 23.8 Å². The van der Waals surface area contributed by atoms with Gasteiger partial charge in [-0.2, -0.15) is 4.91 Å². The minimum Gasteiger partial charge on any atom is -0.463 e. The van der Waals surface area contributed by atoms with E-state index >= 15 is 0 Å². The summed E-state index contributed by atoms with van der Waals surface area (Å²) < 4.78 is 14.6. The van der Waals surface area contributed by atoms with Crippen molar-refractivity contribution in [3.05, 3.63) is 4.91 Å². The van der Waals surface area contributed by atoms with Gasteiger partial charge in [-0.05, 0) is 0 Å². The fraction of sp³-hybridized carbons (Fsp3) is 0.714. The van der Waals surface area contributed by atoms with Crippen LogP contribution in [0.1, 0.15) is 27.7 Å². The zero-order valence-electron chi connectivity index (χ0n) is 14.4. The van der Waals surface area contributed by atoms with Gasteiger partial charge in [0, 0.05) is 27.7 Å². The number of esters is 3. The maximum atomic E-state index is 11.4. The van der Waals surface area contributed by atoms with E-state index in [1.807, 2.05) is 0 Å². The highest BCUT2D eigenvalue weighted by Gasteiger charge is 2.40. The van der Waals surface area contributed by atoms with Gasteiger partial charge < -0.3 is 24.6 Å². The third kappa shape index (κ3) is 9.35. The molecule has 25 heavy (non-hydrogen) atoms. The van der Waals surface area contributed by atoms with E-state index in [4.69, 9.17) is 9.47 Å². The van der Waals surface area contributed by atoms with Crippen LogP contribution < -0.4 is 5.32 Å². The molecule has 0 spiro atoms. The molecule has 0 saturated carbocycles. The number of aliphatic hydroxyl groups excluding tert-OH is 1. The van der Waals surface area contributed by atoms with Crippen LogP contribution in [0, 0.1) is 4.91 Å². The molecular formula is C14H22N2O9. The Bertz CT molecular complexity index is 509. The van der Waals surface area contributed by atoms with E-state index < -0.39 is 61.3 Å². The summed E-state index contributed by atoms with van der Waals surface area (Å²) in [5.41, 5.74) is 0. The number of nitrogens with one attached hydrogen (secondary N) is 1. The largest absolute Gasteiger partial charge is 0.463 e. The van der Waals surface area contributed by atoms with Gasteiger partial charge in [0.1, 0.15) is 19.3 Å². The predicted molar refractivity (Wildman–Crippen MR) is 82.0 cm³/mol. The highest BCUT2D eigenvalue weighted by Crippen LogP contribution is 2.16. The molecule has 0 aromatic heterocycles. The number of aliphatic hydroxyl groups is 1. The number of rotatable bonds is 10. The first-order chi connectivity index (χ1) is 11.6. The summed E-state index contributed by atoms with van der Waals surface area (Å²) in [5, 5.41) is 15.2. The van der Waals surface area contributed by atoms with Gasteiger partial charge >= 0.3 is 17.9 Å². The summed E-state index contributed by atoms with van der Waals surface area (Å²) in [6.45, 7) is 3.27. The van der Waals surface area contributed by atoms with Crippen molar-refractivity contribution in [2.24, 2.45) is 5.18 Å². The van der Waals surface area contributed by atoms with Crippen LogP contribution in [0.4, 0.5) is 0 Å².